The van der Waals surface area contributed by atoms with Gasteiger partial charge in [0.25, 0.3) is 5.91 Å². The number of hydrazone groups is 1. The number of nitrogens with one attached hydrogen (secondary N) is 1. The number of hydrogen-bond acceptors (Lipinski definition) is 6. The molecule has 178 valence electrons. The SMILES string of the molecule is O=C(O)Oc1cccc(-c2cccc(NN=C3C(=O)N(Cc4ccccc4)c4ccccc43)c2O)c1. The first-order valence-corrected chi connectivity index (χ1v) is 11.1. The largest absolute Gasteiger partial charge is 0.511 e. The van der Waals surface area contributed by atoms with Gasteiger partial charge in [-0.2, -0.15) is 5.10 Å². The molecule has 0 spiro atoms. The minimum atomic E-state index is -1.43. The van der Waals surface area contributed by atoms with Crippen LogP contribution in [0.2, 0.25) is 0 Å². The summed E-state index contributed by atoms with van der Waals surface area (Å²) in [5.41, 5.74) is 6.81. The Morgan fingerprint density at radius 2 is 1.61 bits per heavy atom. The molecule has 0 saturated carbocycles. The second kappa shape index (κ2) is 9.63. The molecular formula is C28H21N3O5. The van der Waals surface area contributed by atoms with E-state index in [1.165, 1.54) is 12.1 Å². The van der Waals surface area contributed by atoms with E-state index in [-0.39, 0.29) is 28.8 Å². The molecule has 8 nitrogen and oxygen atoms in total. The molecule has 0 bridgehead atoms. The van der Waals surface area contributed by atoms with E-state index in [1.54, 1.807) is 35.2 Å². The van der Waals surface area contributed by atoms with Crippen molar-refractivity contribution >= 4 is 29.1 Å². The molecule has 8 heteroatoms. The molecule has 5 rings (SSSR count). The monoisotopic (exact) mass is 479 g/mol. The van der Waals surface area contributed by atoms with E-state index < -0.39 is 6.16 Å². The Morgan fingerprint density at radius 1 is 0.889 bits per heavy atom. The summed E-state index contributed by atoms with van der Waals surface area (Å²) in [6.07, 6.45) is -1.43. The second-order valence-electron chi connectivity index (χ2n) is 8.06. The van der Waals surface area contributed by atoms with Gasteiger partial charge in [0.15, 0.2) is 5.71 Å². The normalized spacial score (nSPS) is 13.5. The van der Waals surface area contributed by atoms with Gasteiger partial charge < -0.3 is 19.8 Å². The van der Waals surface area contributed by atoms with E-state index in [0.29, 0.717) is 23.2 Å². The predicted molar refractivity (Wildman–Crippen MR) is 136 cm³/mol. The third-order valence-electron chi connectivity index (χ3n) is 5.76. The molecule has 0 atom stereocenters. The first kappa shape index (κ1) is 22.7. The van der Waals surface area contributed by atoms with Crippen molar-refractivity contribution in [2.45, 2.75) is 6.54 Å². The number of phenolic OH excluding ortho intramolecular Hbond substituents is 1. The number of amides is 1. The lowest BCUT2D eigenvalue weighted by Gasteiger charge is -2.16. The van der Waals surface area contributed by atoms with Crippen molar-refractivity contribution in [3.05, 3.63) is 108 Å². The van der Waals surface area contributed by atoms with Crippen LogP contribution in [0, 0.1) is 0 Å². The number of hydrogen-bond donors (Lipinski definition) is 3. The molecule has 0 fully saturated rings. The van der Waals surface area contributed by atoms with Gasteiger partial charge in [0.2, 0.25) is 0 Å². The highest BCUT2D eigenvalue weighted by Crippen LogP contribution is 2.37. The maximum absolute atomic E-state index is 13.3. The van der Waals surface area contributed by atoms with Gasteiger partial charge in [-0.15, -0.1) is 0 Å². The smallest absolute Gasteiger partial charge is 0.505 e. The molecule has 4 aromatic rings. The molecular weight excluding hydrogens is 458 g/mol. The number of carboxylic acid groups (broad SMARTS) is 1. The van der Waals surface area contributed by atoms with Gasteiger partial charge in [-0.3, -0.25) is 10.2 Å². The summed E-state index contributed by atoms with van der Waals surface area (Å²) in [5, 5.41) is 24.2. The second-order valence-corrected chi connectivity index (χ2v) is 8.06. The standard InChI is InChI=1S/C28H21N3O5/c32-26-21(19-10-6-11-20(16-19)36-28(34)35)13-7-14-23(26)29-30-25-22-12-4-5-15-24(22)31(27(25)33)17-18-8-2-1-3-9-18/h1-16,29,32H,17H2,(H,34,35). The average molecular weight is 479 g/mol. The summed E-state index contributed by atoms with van der Waals surface area (Å²) in [6, 6.07) is 28.5. The van der Waals surface area contributed by atoms with Crippen LogP contribution in [-0.2, 0) is 11.3 Å². The Kier molecular flexibility index (Phi) is 6.07. The van der Waals surface area contributed by atoms with Crippen molar-refractivity contribution < 1.29 is 24.5 Å². The highest BCUT2D eigenvalue weighted by atomic mass is 16.7. The van der Waals surface area contributed by atoms with Crippen LogP contribution >= 0.6 is 0 Å². The summed E-state index contributed by atoms with van der Waals surface area (Å²) in [5.74, 6) is -0.222. The molecule has 1 heterocycles. The minimum absolute atomic E-state index is 0.103. The molecule has 0 aromatic heterocycles. The summed E-state index contributed by atoms with van der Waals surface area (Å²) in [4.78, 5) is 25.9. The lowest BCUT2D eigenvalue weighted by Crippen LogP contribution is -2.30. The van der Waals surface area contributed by atoms with Crippen molar-refractivity contribution in [2.75, 3.05) is 10.3 Å². The third-order valence-corrected chi connectivity index (χ3v) is 5.76. The van der Waals surface area contributed by atoms with Crippen LogP contribution in [0.15, 0.2) is 102 Å². The van der Waals surface area contributed by atoms with Gasteiger partial charge in [-0.05, 0) is 35.4 Å². The third kappa shape index (κ3) is 4.47. The topological polar surface area (TPSA) is 111 Å². The first-order chi connectivity index (χ1) is 17.5. The number of carbonyl (C=O) groups excluding carboxylic acids is 1. The molecule has 0 radical (unpaired) electrons. The Bertz CT molecular complexity index is 1480. The fraction of sp³-hybridized carbons (Fsp3) is 0.0357. The summed E-state index contributed by atoms with van der Waals surface area (Å²) in [7, 11) is 0. The lowest BCUT2D eigenvalue weighted by atomic mass is 10.0. The average Bonchev–Trinajstić information content (AvgIpc) is 3.14. The van der Waals surface area contributed by atoms with Gasteiger partial charge in [0.05, 0.1) is 17.9 Å². The fourth-order valence-electron chi connectivity index (χ4n) is 4.10. The number of nitrogens with zero attached hydrogens (tertiary/aromatic N) is 2. The minimum Gasteiger partial charge on any atom is -0.505 e. The molecule has 0 unspecified atom stereocenters. The highest BCUT2D eigenvalue weighted by molar-refractivity contribution is 6.54. The quantitative estimate of drug-likeness (QED) is 0.146. The Morgan fingerprint density at radius 3 is 2.42 bits per heavy atom. The molecule has 1 aliphatic rings. The molecule has 0 saturated heterocycles. The number of fused-ring (bicyclic) bond motifs is 1. The maximum Gasteiger partial charge on any atom is 0.511 e. The number of ether oxygens (including phenoxy) is 1. The number of anilines is 2. The Labute approximate surface area is 206 Å². The van der Waals surface area contributed by atoms with Crippen LogP contribution in [-0.4, -0.2) is 28.0 Å². The van der Waals surface area contributed by atoms with Crippen molar-refractivity contribution in [2.24, 2.45) is 5.10 Å². The zero-order valence-corrected chi connectivity index (χ0v) is 19.0. The van der Waals surface area contributed by atoms with E-state index in [4.69, 9.17) is 9.84 Å². The molecule has 1 amide bonds. The van der Waals surface area contributed by atoms with E-state index >= 15 is 0 Å². The number of para-hydroxylation sites is 2. The van der Waals surface area contributed by atoms with Crippen LogP contribution in [0.25, 0.3) is 11.1 Å². The van der Waals surface area contributed by atoms with Gasteiger partial charge >= 0.3 is 6.16 Å². The van der Waals surface area contributed by atoms with Crippen LogP contribution < -0.4 is 15.1 Å². The van der Waals surface area contributed by atoms with E-state index in [1.807, 2.05) is 54.6 Å². The van der Waals surface area contributed by atoms with E-state index in [0.717, 1.165) is 11.3 Å². The van der Waals surface area contributed by atoms with Gasteiger partial charge in [-0.1, -0.05) is 72.8 Å². The van der Waals surface area contributed by atoms with Gasteiger partial charge in [0, 0.05) is 11.1 Å². The van der Waals surface area contributed by atoms with Gasteiger partial charge in [-0.25, -0.2) is 4.79 Å². The number of rotatable bonds is 6. The van der Waals surface area contributed by atoms with E-state index in [9.17, 15) is 14.7 Å². The molecule has 4 aromatic carbocycles. The summed E-state index contributed by atoms with van der Waals surface area (Å²) < 4.78 is 4.71. The Hall–Kier alpha value is -5.11. The molecule has 3 N–H and O–H groups in total. The van der Waals surface area contributed by atoms with Crippen molar-refractivity contribution in [1.82, 2.24) is 0 Å². The fourth-order valence-corrected chi connectivity index (χ4v) is 4.10. The molecule has 0 aliphatic carbocycles. The zero-order chi connectivity index (χ0) is 25.1. The molecule has 36 heavy (non-hydrogen) atoms. The zero-order valence-electron chi connectivity index (χ0n) is 19.0. The van der Waals surface area contributed by atoms with E-state index in [2.05, 4.69) is 10.5 Å². The summed E-state index contributed by atoms with van der Waals surface area (Å²) >= 11 is 0. The van der Waals surface area contributed by atoms with Crippen molar-refractivity contribution in [1.29, 1.82) is 0 Å². The lowest BCUT2D eigenvalue weighted by molar-refractivity contribution is -0.112. The van der Waals surface area contributed by atoms with Crippen LogP contribution in [0.1, 0.15) is 11.1 Å². The van der Waals surface area contributed by atoms with Crippen LogP contribution in [0.4, 0.5) is 16.2 Å². The van der Waals surface area contributed by atoms with Crippen molar-refractivity contribution in [3.63, 3.8) is 0 Å². The molecule has 1 aliphatic heterocycles. The first-order valence-electron chi connectivity index (χ1n) is 11.1. The number of phenols is 1. The van der Waals surface area contributed by atoms with Crippen molar-refractivity contribution in [3.8, 4) is 22.6 Å². The Balaban J connectivity index is 1.44. The van der Waals surface area contributed by atoms with Gasteiger partial charge in [0.1, 0.15) is 11.5 Å². The number of benzene rings is 4. The summed E-state index contributed by atoms with van der Waals surface area (Å²) in [6.45, 7) is 0.408. The highest BCUT2D eigenvalue weighted by Gasteiger charge is 2.34. The maximum atomic E-state index is 13.3. The number of aromatic hydroxyl groups is 1. The predicted octanol–water partition coefficient (Wildman–Crippen LogP) is 5.48. The van der Waals surface area contributed by atoms with Crippen LogP contribution in [0.3, 0.4) is 0 Å². The van der Waals surface area contributed by atoms with Crippen LogP contribution in [0.5, 0.6) is 11.5 Å². The number of carbonyl (C=O) groups is 2.